The fourth-order valence-corrected chi connectivity index (χ4v) is 2.44. The summed E-state index contributed by atoms with van der Waals surface area (Å²) in [5, 5.41) is 7.28. The van der Waals surface area contributed by atoms with Crippen molar-refractivity contribution >= 4 is 0 Å². The van der Waals surface area contributed by atoms with Crippen LogP contribution in [0.5, 0.6) is 5.75 Å². The molecule has 20 heavy (non-hydrogen) atoms. The van der Waals surface area contributed by atoms with Gasteiger partial charge < -0.3 is 14.6 Å². The van der Waals surface area contributed by atoms with Gasteiger partial charge in [0.2, 0.25) is 11.7 Å². The van der Waals surface area contributed by atoms with Gasteiger partial charge in [-0.15, -0.1) is 0 Å². The molecule has 1 N–H and O–H groups in total. The molecule has 2 heterocycles. The molecule has 1 aliphatic heterocycles. The summed E-state index contributed by atoms with van der Waals surface area (Å²) in [6.45, 7) is 0.950. The quantitative estimate of drug-likeness (QED) is 0.934. The van der Waals surface area contributed by atoms with Gasteiger partial charge in [0.1, 0.15) is 0 Å². The lowest BCUT2D eigenvalue weighted by atomic mass is 10.1. The van der Waals surface area contributed by atoms with Crippen LogP contribution in [0.1, 0.15) is 31.2 Å². The molecule has 0 spiro atoms. The maximum atomic E-state index is 13.7. The van der Waals surface area contributed by atoms with Crippen molar-refractivity contribution < 1.29 is 13.7 Å². The van der Waals surface area contributed by atoms with E-state index in [2.05, 4.69) is 15.5 Å². The van der Waals surface area contributed by atoms with Crippen molar-refractivity contribution in [1.29, 1.82) is 0 Å². The molecule has 0 radical (unpaired) electrons. The summed E-state index contributed by atoms with van der Waals surface area (Å²) in [6.07, 6.45) is 3.27. The third kappa shape index (κ3) is 2.38. The van der Waals surface area contributed by atoms with Crippen LogP contribution in [-0.4, -0.2) is 23.8 Å². The van der Waals surface area contributed by atoms with Crippen molar-refractivity contribution in [2.24, 2.45) is 0 Å². The van der Waals surface area contributed by atoms with Crippen LogP contribution >= 0.6 is 0 Å². The Kier molecular flexibility index (Phi) is 3.64. The van der Waals surface area contributed by atoms with Crippen LogP contribution in [0.3, 0.4) is 0 Å². The van der Waals surface area contributed by atoms with Crippen LogP contribution in [0.2, 0.25) is 0 Å². The maximum absolute atomic E-state index is 13.7. The number of rotatable bonds is 3. The van der Waals surface area contributed by atoms with Crippen LogP contribution in [0, 0.1) is 5.82 Å². The summed E-state index contributed by atoms with van der Waals surface area (Å²) in [7, 11) is 1.42. The Balaban J connectivity index is 1.92. The van der Waals surface area contributed by atoms with E-state index >= 15 is 0 Å². The highest BCUT2D eigenvalue weighted by Crippen LogP contribution is 2.31. The van der Waals surface area contributed by atoms with Gasteiger partial charge in [-0.2, -0.15) is 4.98 Å². The Morgan fingerprint density at radius 2 is 2.30 bits per heavy atom. The van der Waals surface area contributed by atoms with Gasteiger partial charge in [-0.25, -0.2) is 4.39 Å². The molecule has 1 fully saturated rings. The molecule has 1 saturated heterocycles. The summed E-state index contributed by atoms with van der Waals surface area (Å²) in [6, 6.07) is 4.74. The van der Waals surface area contributed by atoms with E-state index in [9.17, 15) is 4.39 Å². The van der Waals surface area contributed by atoms with E-state index in [1.165, 1.54) is 13.2 Å². The summed E-state index contributed by atoms with van der Waals surface area (Å²) in [4.78, 5) is 4.37. The first kappa shape index (κ1) is 13.1. The van der Waals surface area contributed by atoms with E-state index in [1.807, 2.05) is 0 Å². The molecule has 5 nitrogen and oxygen atoms in total. The highest BCUT2D eigenvalue weighted by Gasteiger charge is 2.23. The van der Waals surface area contributed by atoms with Crippen molar-refractivity contribution in [3.05, 3.63) is 29.9 Å². The smallest absolute Gasteiger partial charge is 0.244 e. The first-order valence-corrected chi connectivity index (χ1v) is 6.69. The lowest BCUT2D eigenvalue weighted by Gasteiger charge is -2.19. The van der Waals surface area contributed by atoms with Crippen LogP contribution in [0.4, 0.5) is 4.39 Å². The molecular formula is C14H16FN3O2. The van der Waals surface area contributed by atoms with Crippen molar-refractivity contribution in [3.8, 4) is 17.1 Å². The topological polar surface area (TPSA) is 60.2 Å². The molecule has 3 rings (SSSR count). The maximum Gasteiger partial charge on any atom is 0.244 e. The van der Waals surface area contributed by atoms with Gasteiger partial charge >= 0.3 is 0 Å². The minimum absolute atomic E-state index is 0.0876. The normalized spacial score (nSPS) is 19.0. The van der Waals surface area contributed by atoms with Crippen molar-refractivity contribution in [1.82, 2.24) is 15.5 Å². The Morgan fingerprint density at radius 3 is 3.05 bits per heavy atom. The van der Waals surface area contributed by atoms with E-state index in [0.29, 0.717) is 17.3 Å². The zero-order chi connectivity index (χ0) is 13.9. The number of para-hydroxylation sites is 1. The minimum Gasteiger partial charge on any atom is -0.493 e. The monoisotopic (exact) mass is 277 g/mol. The van der Waals surface area contributed by atoms with Gasteiger partial charge in [0.05, 0.1) is 18.7 Å². The van der Waals surface area contributed by atoms with Crippen molar-refractivity contribution in [3.63, 3.8) is 0 Å². The summed E-state index contributed by atoms with van der Waals surface area (Å²) < 4.78 is 24.0. The van der Waals surface area contributed by atoms with Crippen LogP contribution < -0.4 is 10.1 Å². The third-order valence-electron chi connectivity index (χ3n) is 3.46. The molecule has 0 amide bonds. The molecule has 1 aliphatic rings. The largest absolute Gasteiger partial charge is 0.493 e. The van der Waals surface area contributed by atoms with E-state index in [-0.39, 0.29) is 11.8 Å². The van der Waals surface area contributed by atoms with Crippen molar-refractivity contribution in [2.45, 2.75) is 25.3 Å². The van der Waals surface area contributed by atoms with Gasteiger partial charge in [-0.3, -0.25) is 0 Å². The minimum atomic E-state index is -0.438. The molecule has 6 heteroatoms. The lowest BCUT2D eigenvalue weighted by molar-refractivity contribution is 0.297. The molecule has 1 aromatic heterocycles. The van der Waals surface area contributed by atoms with E-state index in [0.717, 1.165) is 25.8 Å². The van der Waals surface area contributed by atoms with E-state index < -0.39 is 5.82 Å². The average Bonchev–Trinajstić information content (AvgIpc) is 2.97. The Morgan fingerprint density at radius 1 is 1.40 bits per heavy atom. The summed E-state index contributed by atoms with van der Waals surface area (Å²) in [5.41, 5.74) is 0.498. The van der Waals surface area contributed by atoms with Gasteiger partial charge in [0.25, 0.3) is 0 Å². The first-order chi connectivity index (χ1) is 9.79. The van der Waals surface area contributed by atoms with E-state index in [1.54, 1.807) is 12.1 Å². The molecule has 0 bridgehead atoms. The number of aromatic nitrogens is 2. The average molecular weight is 277 g/mol. The number of piperidine rings is 1. The number of benzene rings is 1. The second kappa shape index (κ2) is 5.58. The van der Waals surface area contributed by atoms with Crippen LogP contribution in [-0.2, 0) is 0 Å². The second-order valence-corrected chi connectivity index (χ2v) is 4.78. The van der Waals surface area contributed by atoms with Gasteiger partial charge in [-0.1, -0.05) is 17.6 Å². The van der Waals surface area contributed by atoms with Gasteiger partial charge in [0, 0.05) is 0 Å². The molecule has 2 aromatic rings. The Labute approximate surface area is 116 Å². The molecule has 106 valence electrons. The zero-order valence-electron chi connectivity index (χ0n) is 11.2. The Hall–Kier alpha value is -1.95. The SMILES string of the molecule is COc1c(F)cccc1-c1noc(C2CCCCN2)n1. The summed E-state index contributed by atoms with van der Waals surface area (Å²) >= 11 is 0. The number of hydrogen-bond donors (Lipinski definition) is 1. The van der Waals surface area contributed by atoms with Crippen LogP contribution in [0.25, 0.3) is 11.4 Å². The van der Waals surface area contributed by atoms with Crippen LogP contribution in [0.15, 0.2) is 22.7 Å². The molecule has 0 aliphatic carbocycles. The number of halogens is 1. The van der Waals surface area contributed by atoms with E-state index in [4.69, 9.17) is 9.26 Å². The zero-order valence-corrected chi connectivity index (χ0v) is 11.2. The fraction of sp³-hybridized carbons (Fsp3) is 0.429. The third-order valence-corrected chi connectivity index (χ3v) is 3.46. The molecular weight excluding hydrogens is 261 g/mol. The fourth-order valence-electron chi connectivity index (χ4n) is 2.44. The molecule has 1 aromatic carbocycles. The first-order valence-electron chi connectivity index (χ1n) is 6.69. The highest BCUT2D eigenvalue weighted by molar-refractivity contribution is 5.63. The lowest BCUT2D eigenvalue weighted by Crippen LogP contribution is -2.26. The Bertz CT molecular complexity index is 594. The number of ether oxygens (including phenoxy) is 1. The molecule has 0 saturated carbocycles. The predicted octanol–water partition coefficient (Wildman–Crippen LogP) is 2.70. The standard InChI is InChI=1S/C14H16FN3O2/c1-19-12-9(5-4-6-10(12)15)13-17-14(20-18-13)11-7-2-3-8-16-11/h4-6,11,16H,2-3,7-8H2,1H3. The highest BCUT2D eigenvalue weighted by atomic mass is 19.1. The number of methoxy groups -OCH3 is 1. The number of nitrogens with one attached hydrogen (secondary N) is 1. The van der Waals surface area contributed by atoms with Gasteiger partial charge in [0.15, 0.2) is 11.6 Å². The van der Waals surface area contributed by atoms with Crippen molar-refractivity contribution in [2.75, 3.05) is 13.7 Å². The molecule has 1 unspecified atom stereocenters. The summed E-state index contributed by atoms with van der Waals surface area (Å²) in [5.74, 6) is 0.596. The second-order valence-electron chi connectivity index (χ2n) is 4.78. The van der Waals surface area contributed by atoms with Gasteiger partial charge in [-0.05, 0) is 31.5 Å². The molecule has 1 atom stereocenters. The number of nitrogens with zero attached hydrogens (tertiary/aromatic N) is 2. The number of hydrogen-bond acceptors (Lipinski definition) is 5. The predicted molar refractivity (Wildman–Crippen MR) is 70.8 cm³/mol.